The minimum absolute atomic E-state index is 0.0978. The van der Waals surface area contributed by atoms with Gasteiger partial charge in [-0.2, -0.15) is 13.2 Å². The normalized spacial score (nSPS) is 19.2. The van der Waals surface area contributed by atoms with E-state index in [9.17, 15) is 18.0 Å². The topological polar surface area (TPSA) is 49.3 Å². The van der Waals surface area contributed by atoms with Gasteiger partial charge in [-0.25, -0.2) is 9.97 Å². The Labute approximate surface area is 177 Å². The maximum Gasteiger partial charge on any atom is 0.433 e. The Morgan fingerprint density at radius 3 is 2.23 bits per heavy atom. The Hall–Kier alpha value is -2.35. The lowest BCUT2D eigenvalue weighted by Gasteiger charge is -2.40. The number of alkyl halides is 3. The molecule has 0 spiro atoms. The molecule has 2 heterocycles. The third-order valence-electron chi connectivity index (χ3n) is 6.10. The highest BCUT2D eigenvalue weighted by Gasteiger charge is 2.45. The van der Waals surface area contributed by atoms with Crippen molar-refractivity contribution in [3.05, 3.63) is 52.9 Å². The lowest BCUT2D eigenvalue weighted by atomic mass is 9.77. The molecular formula is C21H22ClF3N4O. The molecule has 1 saturated heterocycles. The first-order valence-corrected chi connectivity index (χ1v) is 10.4. The summed E-state index contributed by atoms with van der Waals surface area (Å²) in [7, 11) is 0. The number of hydrogen-bond donors (Lipinski definition) is 0. The van der Waals surface area contributed by atoms with Crippen LogP contribution < -0.4 is 4.90 Å². The molecule has 2 fully saturated rings. The van der Waals surface area contributed by atoms with Gasteiger partial charge in [-0.1, -0.05) is 36.6 Å². The summed E-state index contributed by atoms with van der Waals surface area (Å²) in [5.74, 6) is 0.332. The van der Waals surface area contributed by atoms with Crippen molar-refractivity contribution in [1.82, 2.24) is 14.9 Å². The van der Waals surface area contributed by atoms with Crippen molar-refractivity contribution >= 4 is 23.3 Å². The lowest BCUT2D eigenvalue weighted by molar-refractivity contribution is -0.141. The van der Waals surface area contributed by atoms with Crippen molar-refractivity contribution in [1.29, 1.82) is 0 Å². The fourth-order valence-electron chi connectivity index (χ4n) is 4.49. The maximum atomic E-state index is 13.5. The number of anilines is 1. The summed E-state index contributed by atoms with van der Waals surface area (Å²) >= 11 is 6.02. The number of carbonyl (C=O) groups excluding carboxylic acids is 1. The molecule has 1 aromatic heterocycles. The van der Waals surface area contributed by atoms with Crippen LogP contribution in [-0.2, 0) is 16.4 Å². The highest BCUT2D eigenvalue weighted by molar-refractivity contribution is 6.30. The van der Waals surface area contributed by atoms with E-state index in [-0.39, 0.29) is 11.7 Å². The zero-order chi connectivity index (χ0) is 21.4. The van der Waals surface area contributed by atoms with E-state index < -0.39 is 17.3 Å². The predicted octanol–water partition coefficient (Wildman–Crippen LogP) is 4.31. The summed E-state index contributed by atoms with van der Waals surface area (Å²) in [6.45, 7) is 1.74. The van der Waals surface area contributed by atoms with E-state index >= 15 is 0 Å². The van der Waals surface area contributed by atoms with Crippen LogP contribution in [0.15, 0.2) is 36.7 Å². The van der Waals surface area contributed by atoms with E-state index in [0.717, 1.165) is 43.6 Å². The Kier molecular flexibility index (Phi) is 5.61. The van der Waals surface area contributed by atoms with E-state index in [0.29, 0.717) is 31.2 Å². The fourth-order valence-corrected chi connectivity index (χ4v) is 4.62. The Bertz CT molecular complexity index is 905. The first kappa shape index (κ1) is 20.9. The van der Waals surface area contributed by atoms with Gasteiger partial charge in [0.05, 0.1) is 5.41 Å². The number of benzene rings is 1. The van der Waals surface area contributed by atoms with Gasteiger partial charge in [0.25, 0.3) is 0 Å². The quantitative estimate of drug-likeness (QED) is 0.716. The van der Waals surface area contributed by atoms with Crippen molar-refractivity contribution in [3.63, 3.8) is 0 Å². The molecule has 5 nitrogen and oxygen atoms in total. The zero-order valence-corrected chi connectivity index (χ0v) is 17.1. The summed E-state index contributed by atoms with van der Waals surface area (Å²) in [6, 6.07) is 8.46. The smallest absolute Gasteiger partial charge is 0.353 e. The summed E-state index contributed by atoms with van der Waals surface area (Å²) in [5, 5.41) is 0.635. The minimum Gasteiger partial charge on any atom is -0.353 e. The van der Waals surface area contributed by atoms with Crippen LogP contribution in [0.5, 0.6) is 0 Å². The van der Waals surface area contributed by atoms with Gasteiger partial charge in [0, 0.05) is 37.3 Å². The average molecular weight is 439 g/mol. The van der Waals surface area contributed by atoms with Crippen LogP contribution in [0.1, 0.15) is 36.9 Å². The number of amides is 1. The first-order valence-electron chi connectivity index (χ1n) is 9.99. The maximum absolute atomic E-state index is 13.5. The lowest BCUT2D eigenvalue weighted by Crippen LogP contribution is -2.54. The van der Waals surface area contributed by atoms with Gasteiger partial charge in [-0.05, 0) is 30.5 Å². The minimum atomic E-state index is -4.51. The number of aromatic nitrogens is 2. The van der Waals surface area contributed by atoms with Gasteiger partial charge < -0.3 is 9.80 Å². The molecule has 9 heteroatoms. The number of nitrogens with zero attached hydrogens (tertiary/aromatic N) is 4. The third-order valence-corrected chi connectivity index (χ3v) is 6.35. The van der Waals surface area contributed by atoms with Crippen LogP contribution in [0, 0.1) is 0 Å². The molecule has 1 aliphatic carbocycles. The highest BCUT2D eigenvalue weighted by atomic mass is 35.5. The molecule has 4 rings (SSSR count). The van der Waals surface area contributed by atoms with Crippen LogP contribution in [0.2, 0.25) is 5.02 Å². The molecule has 0 N–H and O–H groups in total. The van der Waals surface area contributed by atoms with Crippen molar-refractivity contribution in [2.24, 2.45) is 0 Å². The molecule has 0 atom stereocenters. The Morgan fingerprint density at radius 2 is 1.63 bits per heavy atom. The number of halogens is 4. The molecule has 160 valence electrons. The molecule has 1 aliphatic heterocycles. The molecule has 1 saturated carbocycles. The van der Waals surface area contributed by atoms with Gasteiger partial charge in [0.15, 0.2) is 0 Å². The summed E-state index contributed by atoms with van der Waals surface area (Å²) in [6.07, 6.45) is 0.0146. The van der Waals surface area contributed by atoms with Gasteiger partial charge in [0.2, 0.25) is 5.91 Å². The number of piperazine rings is 1. The van der Waals surface area contributed by atoms with E-state index in [1.807, 2.05) is 29.2 Å². The predicted molar refractivity (Wildman–Crippen MR) is 107 cm³/mol. The molecule has 2 aromatic rings. The molecule has 30 heavy (non-hydrogen) atoms. The second kappa shape index (κ2) is 8.06. The average Bonchev–Trinajstić information content (AvgIpc) is 3.24. The summed E-state index contributed by atoms with van der Waals surface area (Å²) in [4.78, 5) is 24.4. The van der Waals surface area contributed by atoms with E-state index in [1.165, 1.54) is 0 Å². The van der Waals surface area contributed by atoms with Crippen LogP contribution in [0.25, 0.3) is 0 Å². The monoisotopic (exact) mass is 438 g/mol. The molecule has 0 bridgehead atoms. The molecule has 0 radical (unpaired) electrons. The Morgan fingerprint density at radius 1 is 1.00 bits per heavy atom. The molecule has 0 unspecified atom stereocenters. The van der Waals surface area contributed by atoms with Crippen LogP contribution in [0.3, 0.4) is 0 Å². The number of hydrogen-bond acceptors (Lipinski definition) is 4. The summed E-state index contributed by atoms with van der Waals surface area (Å²) < 4.78 is 38.8. The third kappa shape index (κ3) is 3.97. The van der Waals surface area contributed by atoms with E-state index in [2.05, 4.69) is 9.97 Å². The van der Waals surface area contributed by atoms with Gasteiger partial charge in [-0.15, -0.1) is 0 Å². The molecule has 1 aromatic carbocycles. The number of rotatable bonds is 3. The first-order chi connectivity index (χ1) is 14.3. The van der Waals surface area contributed by atoms with Gasteiger partial charge in [-0.3, -0.25) is 4.79 Å². The summed E-state index contributed by atoms with van der Waals surface area (Å²) in [5.41, 5.74) is -0.508. The molecule has 2 aliphatic rings. The van der Waals surface area contributed by atoms with E-state index in [1.54, 1.807) is 4.90 Å². The second-order valence-electron chi connectivity index (χ2n) is 7.83. The van der Waals surface area contributed by atoms with Crippen molar-refractivity contribution in [2.45, 2.75) is 37.3 Å². The highest BCUT2D eigenvalue weighted by Crippen LogP contribution is 2.43. The Balaban J connectivity index is 1.48. The fraction of sp³-hybridized carbons (Fsp3) is 0.476. The van der Waals surface area contributed by atoms with Gasteiger partial charge >= 0.3 is 6.18 Å². The van der Waals surface area contributed by atoms with Crippen molar-refractivity contribution < 1.29 is 18.0 Å². The largest absolute Gasteiger partial charge is 0.433 e. The molecule has 1 amide bonds. The van der Waals surface area contributed by atoms with Crippen molar-refractivity contribution in [3.8, 4) is 0 Å². The van der Waals surface area contributed by atoms with Crippen LogP contribution >= 0.6 is 11.6 Å². The number of carbonyl (C=O) groups is 1. The SMILES string of the molecule is O=C(N1CCN(c2cc(C(F)(F)F)ncn2)CC1)C1(c2ccc(Cl)cc2)CCCC1. The second-order valence-corrected chi connectivity index (χ2v) is 8.27. The van der Waals surface area contributed by atoms with Crippen molar-refractivity contribution in [2.75, 3.05) is 31.1 Å². The van der Waals surface area contributed by atoms with Crippen LogP contribution in [-0.4, -0.2) is 47.0 Å². The zero-order valence-electron chi connectivity index (χ0n) is 16.3. The van der Waals surface area contributed by atoms with E-state index in [4.69, 9.17) is 11.6 Å². The van der Waals surface area contributed by atoms with Gasteiger partial charge in [0.1, 0.15) is 17.8 Å². The standard InChI is InChI=1S/C21H22ClF3N4O/c22-16-5-3-15(4-6-16)20(7-1-2-8-20)19(30)29-11-9-28(10-12-29)18-13-17(21(23,24)25)26-14-27-18/h3-6,13-14H,1-2,7-12H2. The molecular weight excluding hydrogens is 417 g/mol. The van der Waals surface area contributed by atoms with Crippen LogP contribution in [0.4, 0.5) is 19.0 Å².